The van der Waals surface area contributed by atoms with Gasteiger partial charge in [0, 0.05) is 5.69 Å². The van der Waals surface area contributed by atoms with Crippen LogP contribution in [0.4, 0.5) is 4.39 Å². The number of para-hydroxylation sites is 1. The summed E-state index contributed by atoms with van der Waals surface area (Å²) in [5, 5.41) is 9.14. The van der Waals surface area contributed by atoms with Gasteiger partial charge >= 0.3 is 0 Å². The summed E-state index contributed by atoms with van der Waals surface area (Å²) in [7, 11) is 0. The van der Waals surface area contributed by atoms with Crippen LogP contribution in [0.5, 0.6) is 0 Å². The fourth-order valence-corrected chi connectivity index (χ4v) is 2.15. The molecule has 0 saturated heterocycles. The zero-order valence-corrected chi connectivity index (χ0v) is 11.1. The molecule has 0 spiro atoms. The summed E-state index contributed by atoms with van der Waals surface area (Å²) in [5.41, 5.74) is 0.426. The van der Waals surface area contributed by atoms with Crippen LogP contribution in [-0.4, -0.2) is 4.57 Å². The second-order valence-corrected chi connectivity index (χ2v) is 4.48. The van der Waals surface area contributed by atoms with Gasteiger partial charge in [-0.05, 0) is 31.5 Å². The molecule has 1 aromatic carbocycles. The van der Waals surface area contributed by atoms with E-state index in [1.807, 2.05) is 0 Å². The molecule has 0 aliphatic rings. The summed E-state index contributed by atoms with van der Waals surface area (Å²) < 4.78 is 15.0. The average Bonchev–Trinajstić information content (AvgIpc) is 2.39. The van der Waals surface area contributed by atoms with E-state index in [9.17, 15) is 9.18 Å². The third-order valence-corrected chi connectivity index (χ3v) is 3.52. The molecule has 0 atom stereocenters. The fourth-order valence-electron chi connectivity index (χ4n) is 1.89. The SMILES string of the molecule is Cc1c(Cl)c(C#N)c(=O)n(-c2ccccc2F)c1C. The van der Waals surface area contributed by atoms with Crippen molar-refractivity contribution in [3.05, 3.63) is 62.3 Å². The Morgan fingerprint density at radius 1 is 1.32 bits per heavy atom. The molecular formula is C14H10ClFN2O. The molecular weight excluding hydrogens is 267 g/mol. The van der Waals surface area contributed by atoms with Crippen LogP contribution in [0.3, 0.4) is 0 Å². The van der Waals surface area contributed by atoms with Crippen molar-refractivity contribution < 1.29 is 4.39 Å². The lowest BCUT2D eigenvalue weighted by Crippen LogP contribution is -2.25. The molecule has 0 saturated carbocycles. The van der Waals surface area contributed by atoms with Crippen molar-refractivity contribution in [3.8, 4) is 11.8 Å². The summed E-state index contributed by atoms with van der Waals surface area (Å²) in [5.74, 6) is -0.529. The van der Waals surface area contributed by atoms with Gasteiger partial charge in [0.25, 0.3) is 5.56 Å². The molecule has 5 heteroatoms. The predicted molar refractivity (Wildman–Crippen MR) is 71.2 cm³/mol. The third-order valence-electron chi connectivity index (χ3n) is 3.05. The summed E-state index contributed by atoms with van der Waals surface area (Å²) in [6, 6.07) is 7.68. The molecule has 2 aromatic rings. The molecule has 0 unspecified atom stereocenters. The van der Waals surface area contributed by atoms with Crippen molar-refractivity contribution in [1.29, 1.82) is 5.26 Å². The maximum atomic E-state index is 13.8. The van der Waals surface area contributed by atoms with Gasteiger partial charge in [0.2, 0.25) is 0 Å². The number of benzene rings is 1. The minimum atomic E-state index is -0.610. The molecule has 0 fully saturated rings. The predicted octanol–water partition coefficient (Wildman–Crippen LogP) is 3.12. The summed E-state index contributed by atoms with van der Waals surface area (Å²) >= 11 is 5.97. The van der Waals surface area contributed by atoms with Crippen LogP contribution in [0, 0.1) is 31.0 Å². The lowest BCUT2D eigenvalue weighted by molar-refractivity contribution is 0.614. The van der Waals surface area contributed by atoms with Crippen molar-refractivity contribution >= 4 is 11.6 Å². The Kier molecular flexibility index (Phi) is 3.41. The van der Waals surface area contributed by atoms with E-state index in [1.54, 1.807) is 26.0 Å². The number of halogens is 2. The zero-order chi connectivity index (χ0) is 14.2. The highest BCUT2D eigenvalue weighted by Crippen LogP contribution is 2.23. The molecule has 0 radical (unpaired) electrons. The van der Waals surface area contributed by atoms with Crippen LogP contribution < -0.4 is 5.56 Å². The number of aromatic nitrogens is 1. The largest absolute Gasteiger partial charge is 0.277 e. The standard InChI is InChI=1S/C14H10ClFN2O/c1-8-9(2)18(12-6-4-3-5-11(12)16)14(19)10(7-17)13(8)15/h3-6H,1-2H3. The fraction of sp³-hybridized carbons (Fsp3) is 0.143. The molecule has 0 amide bonds. The van der Waals surface area contributed by atoms with E-state index in [0.717, 1.165) is 0 Å². The van der Waals surface area contributed by atoms with Crippen molar-refractivity contribution in [3.63, 3.8) is 0 Å². The van der Waals surface area contributed by atoms with Crippen LogP contribution in [0.25, 0.3) is 5.69 Å². The molecule has 0 aliphatic heterocycles. The molecule has 0 aliphatic carbocycles. The highest BCUT2D eigenvalue weighted by Gasteiger charge is 2.18. The zero-order valence-electron chi connectivity index (χ0n) is 10.4. The first-order chi connectivity index (χ1) is 8.99. The summed E-state index contributed by atoms with van der Waals surface area (Å²) in [6.07, 6.45) is 0. The second kappa shape index (κ2) is 4.87. The maximum absolute atomic E-state index is 13.8. The lowest BCUT2D eigenvalue weighted by Gasteiger charge is -2.15. The number of hydrogen-bond donors (Lipinski definition) is 0. The van der Waals surface area contributed by atoms with Crippen molar-refractivity contribution in [1.82, 2.24) is 4.57 Å². The van der Waals surface area contributed by atoms with E-state index < -0.39 is 11.4 Å². The highest BCUT2D eigenvalue weighted by atomic mass is 35.5. The minimum absolute atomic E-state index is 0.112. The van der Waals surface area contributed by atoms with E-state index in [0.29, 0.717) is 11.3 Å². The summed E-state index contributed by atoms with van der Waals surface area (Å²) in [6.45, 7) is 3.35. The van der Waals surface area contributed by atoms with Gasteiger partial charge in [-0.1, -0.05) is 23.7 Å². The number of nitrogens with zero attached hydrogens (tertiary/aromatic N) is 2. The van der Waals surface area contributed by atoms with Crippen molar-refractivity contribution in [2.45, 2.75) is 13.8 Å². The Balaban J connectivity index is 2.95. The first-order valence-electron chi connectivity index (χ1n) is 5.55. The smallest absolute Gasteiger partial charge is 0.274 e. The van der Waals surface area contributed by atoms with E-state index in [-0.39, 0.29) is 16.3 Å². The molecule has 96 valence electrons. The number of rotatable bonds is 1. The van der Waals surface area contributed by atoms with Gasteiger partial charge in [-0.3, -0.25) is 9.36 Å². The van der Waals surface area contributed by atoms with Crippen LogP contribution in [0.1, 0.15) is 16.8 Å². The molecule has 3 nitrogen and oxygen atoms in total. The van der Waals surface area contributed by atoms with Crippen molar-refractivity contribution in [2.75, 3.05) is 0 Å². The normalized spacial score (nSPS) is 10.3. The first-order valence-corrected chi connectivity index (χ1v) is 5.93. The second-order valence-electron chi connectivity index (χ2n) is 4.10. The molecule has 19 heavy (non-hydrogen) atoms. The first kappa shape index (κ1) is 13.3. The van der Waals surface area contributed by atoms with E-state index in [1.165, 1.54) is 22.8 Å². The maximum Gasteiger partial charge on any atom is 0.274 e. The van der Waals surface area contributed by atoms with Gasteiger partial charge in [-0.25, -0.2) is 4.39 Å². The van der Waals surface area contributed by atoms with Gasteiger partial charge in [0.1, 0.15) is 17.4 Å². The van der Waals surface area contributed by atoms with E-state index in [4.69, 9.17) is 16.9 Å². The van der Waals surface area contributed by atoms with Gasteiger partial charge in [0.15, 0.2) is 0 Å². The Morgan fingerprint density at radius 3 is 2.53 bits per heavy atom. The molecule has 1 aromatic heterocycles. The molecule has 0 N–H and O–H groups in total. The van der Waals surface area contributed by atoms with Gasteiger partial charge in [-0.15, -0.1) is 0 Å². The van der Waals surface area contributed by atoms with Gasteiger partial charge < -0.3 is 0 Å². The lowest BCUT2D eigenvalue weighted by atomic mass is 10.1. The summed E-state index contributed by atoms with van der Waals surface area (Å²) in [4.78, 5) is 12.2. The Labute approximate surface area is 114 Å². The van der Waals surface area contributed by atoms with Crippen LogP contribution in [-0.2, 0) is 0 Å². The number of pyridine rings is 1. The van der Waals surface area contributed by atoms with E-state index >= 15 is 0 Å². The van der Waals surface area contributed by atoms with Gasteiger partial charge in [-0.2, -0.15) is 5.26 Å². The van der Waals surface area contributed by atoms with Gasteiger partial charge in [0.05, 0.1) is 10.7 Å². The van der Waals surface area contributed by atoms with Crippen LogP contribution in [0.15, 0.2) is 29.1 Å². The quantitative estimate of drug-likeness (QED) is 0.803. The number of hydrogen-bond acceptors (Lipinski definition) is 2. The molecule has 0 bridgehead atoms. The average molecular weight is 277 g/mol. The molecule has 1 heterocycles. The van der Waals surface area contributed by atoms with E-state index in [2.05, 4.69) is 0 Å². The Bertz CT molecular complexity index is 759. The Hall–Kier alpha value is -2.12. The third kappa shape index (κ3) is 2.02. The topological polar surface area (TPSA) is 45.8 Å². The van der Waals surface area contributed by atoms with Crippen LogP contribution >= 0.6 is 11.6 Å². The number of nitriles is 1. The van der Waals surface area contributed by atoms with Crippen LogP contribution in [0.2, 0.25) is 5.02 Å². The highest BCUT2D eigenvalue weighted by molar-refractivity contribution is 6.32. The monoisotopic (exact) mass is 276 g/mol. The molecule has 2 rings (SSSR count). The Morgan fingerprint density at radius 2 is 1.95 bits per heavy atom. The van der Waals surface area contributed by atoms with Crippen molar-refractivity contribution in [2.24, 2.45) is 0 Å². The minimum Gasteiger partial charge on any atom is -0.277 e.